The van der Waals surface area contributed by atoms with E-state index in [1.54, 1.807) is 24.3 Å². The first-order valence-electron chi connectivity index (χ1n) is 5.61. The molecule has 0 aliphatic heterocycles. The number of ether oxygens (including phenoxy) is 1. The number of benzene rings is 2. The molecule has 4 nitrogen and oxygen atoms in total. The Hall–Kier alpha value is -1.69. The van der Waals surface area contributed by atoms with Crippen LogP contribution in [0.4, 0.5) is 0 Å². The lowest BCUT2D eigenvalue weighted by Gasteiger charge is -2.09. The minimum absolute atomic E-state index is 0.0596. The molecule has 0 aliphatic rings. The van der Waals surface area contributed by atoms with E-state index in [4.69, 9.17) is 40.2 Å². The average molecular weight is 327 g/mol. The van der Waals surface area contributed by atoms with Crippen molar-refractivity contribution in [1.82, 2.24) is 9.97 Å². The number of hydrogen-bond acceptors (Lipinski definition) is 3. The molecule has 3 N–H and O–H groups in total. The molecule has 0 saturated carbocycles. The lowest BCUT2D eigenvalue weighted by Crippen LogP contribution is -1.86. The fraction of sp³-hybridized carbons (Fsp3) is 0. The number of phenols is 1. The zero-order chi connectivity index (χ0) is 14.3. The van der Waals surface area contributed by atoms with Crippen LogP contribution in [0.15, 0.2) is 30.3 Å². The third kappa shape index (κ3) is 2.47. The van der Waals surface area contributed by atoms with Crippen molar-refractivity contribution in [3.63, 3.8) is 0 Å². The molecule has 3 aromatic rings. The molecule has 0 bridgehead atoms. The van der Waals surface area contributed by atoms with Crippen molar-refractivity contribution in [3.05, 3.63) is 45.1 Å². The second-order valence-corrected chi connectivity index (χ2v) is 5.37. The third-order valence-electron chi connectivity index (χ3n) is 2.71. The maximum Gasteiger partial charge on any atom is 0.175 e. The monoisotopic (exact) mass is 326 g/mol. The molecule has 0 amide bonds. The standard InChI is InChI=1S/C13H8Cl2N2O2S/c14-6-1-2-11(10(18)3-6)19-12-5-9-8(4-7(12)15)16-13(20)17-9/h1-5,18H,(H2,16,17,20). The maximum absolute atomic E-state index is 9.78. The molecular formula is C13H8Cl2N2O2S. The number of imidazole rings is 1. The van der Waals surface area contributed by atoms with E-state index in [0.717, 1.165) is 11.0 Å². The molecule has 0 spiro atoms. The lowest BCUT2D eigenvalue weighted by molar-refractivity contribution is 0.411. The van der Waals surface area contributed by atoms with Gasteiger partial charge in [0.1, 0.15) is 5.75 Å². The van der Waals surface area contributed by atoms with Gasteiger partial charge in [-0.25, -0.2) is 0 Å². The summed E-state index contributed by atoms with van der Waals surface area (Å²) in [5.74, 6) is 0.613. The minimum atomic E-state index is -0.0596. The second-order valence-electron chi connectivity index (χ2n) is 4.12. The highest BCUT2D eigenvalue weighted by Crippen LogP contribution is 2.37. The molecule has 3 rings (SSSR count). The number of halogens is 2. The summed E-state index contributed by atoms with van der Waals surface area (Å²) in [6.07, 6.45) is 0. The second kappa shape index (κ2) is 5.01. The highest BCUT2D eigenvalue weighted by Gasteiger charge is 2.10. The number of fused-ring (bicyclic) bond motifs is 1. The van der Waals surface area contributed by atoms with Crippen molar-refractivity contribution in [2.24, 2.45) is 0 Å². The predicted molar refractivity (Wildman–Crippen MR) is 81.7 cm³/mol. The number of rotatable bonds is 2. The van der Waals surface area contributed by atoms with E-state index in [1.807, 2.05) is 0 Å². The summed E-state index contributed by atoms with van der Waals surface area (Å²) in [5, 5.41) is 10.6. The molecule has 0 saturated heterocycles. The van der Waals surface area contributed by atoms with Crippen LogP contribution in [0.25, 0.3) is 11.0 Å². The van der Waals surface area contributed by atoms with E-state index in [9.17, 15) is 5.11 Å². The van der Waals surface area contributed by atoms with Gasteiger partial charge in [-0.15, -0.1) is 0 Å². The van der Waals surface area contributed by atoms with E-state index in [1.165, 1.54) is 6.07 Å². The first-order chi connectivity index (χ1) is 9.52. The Labute approximate surface area is 128 Å². The predicted octanol–water partition coefficient (Wildman–Crippen LogP) is 5.03. The van der Waals surface area contributed by atoms with Crippen molar-refractivity contribution in [2.75, 3.05) is 0 Å². The van der Waals surface area contributed by atoms with Gasteiger partial charge in [0.2, 0.25) is 0 Å². The normalized spacial score (nSPS) is 10.9. The van der Waals surface area contributed by atoms with Crippen molar-refractivity contribution >= 4 is 46.5 Å². The highest BCUT2D eigenvalue weighted by atomic mass is 35.5. The Kier molecular flexibility index (Phi) is 3.33. The van der Waals surface area contributed by atoms with Crippen LogP contribution in [-0.4, -0.2) is 15.1 Å². The van der Waals surface area contributed by atoms with Crippen molar-refractivity contribution < 1.29 is 9.84 Å². The van der Waals surface area contributed by atoms with Gasteiger partial charge in [-0.05, 0) is 30.4 Å². The molecule has 0 unspecified atom stereocenters. The van der Waals surface area contributed by atoms with Crippen LogP contribution >= 0.6 is 35.4 Å². The van der Waals surface area contributed by atoms with Gasteiger partial charge in [0, 0.05) is 17.2 Å². The molecule has 0 fully saturated rings. The number of nitrogens with one attached hydrogen (secondary N) is 2. The SMILES string of the molecule is Oc1cc(Cl)ccc1Oc1cc2[nH]c(=S)[nH]c2cc1Cl. The maximum atomic E-state index is 9.78. The van der Waals surface area contributed by atoms with Gasteiger partial charge in [-0.1, -0.05) is 23.2 Å². The molecule has 2 aromatic carbocycles. The molecular weight excluding hydrogens is 319 g/mol. The molecule has 7 heteroatoms. The van der Waals surface area contributed by atoms with Crippen LogP contribution in [0.5, 0.6) is 17.2 Å². The lowest BCUT2D eigenvalue weighted by atomic mass is 10.3. The number of H-pyrrole nitrogens is 2. The summed E-state index contributed by atoms with van der Waals surface area (Å²) in [7, 11) is 0. The smallest absolute Gasteiger partial charge is 0.175 e. The molecule has 1 heterocycles. The summed E-state index contributed by atoms with van der Waals surface area (Å²) >= 11 is 16.9. The average Bonchev–Trinajstić information content (AvgIpc) is 2.72. The third-order valence-corrected chi connectivity index (χ3v) is 3.44. The Morgan fingerprint density at radius 1 is 1.00 bits per heavy atom. The van der Waals surface area contributed by atoms with Gasteiger partial charge in [0.05, 0.1) is 16.1 Å². The zero-order valence-electron chi connectivity index (χ0n) is 9.91. The van der Waals surface area contributed by atoms with Crippen molar-refractivity contribution in [3.8, 4) is 17.2 Å². The number of aromatic nitrogens is 2. The van der Waals surface area contributed by atoms with Crippen LogP contribution in [0.1, 0.15) is 0 Å². The van der Waals surface area contributed by atoms with E-state index in [0.29, 0.717) is 20.6 Å². The van der Waals surface area contributed by atoms with Crippen LogP contribution in [0.3, 0.4) is 0 Å². The minimum Gasteiger partial charge on any atom is -0.504 e. The fourth-order valence-electron chi connectivity index (χ4n) is 1.81. The summed E-state index contributed by atoms with van der Waals surface area (Å²) in [6, 6.07) is 7.99. The topological polar surface area (TPSA) is 61.0 Å². The molecule has 0 radical (unpaired) electrons. The first-order valence-corrected chi connectivity index (χ1v) is 6.77. The first kappa shape index (κ1) is 13.3. The number of aromatic amines is 2. The van der Waals surface area contributed by atoms with Crippen LogP contribution < -0.4 is 4.74 Å². The van der Waals surface area contributed by atoms with E-state index in [2.05, 4.69) is 9.97 Å². The Morgan fingerprint density at radius 3 is 2.40 bits per heavy atom. The number of hydrogen-bond donors (Lipinski definition) is 3. The van der Waals surface area contributed by atoms with Gasteiger partial charge in [0.15, 0.2) is 16.3 Å². The van der Waals surface area contributed by atoms with Gasteiger partial charge < -0.3 is 19.8 Å². The highest BCUT2D eigenvalue weighted by molar-refractivity contribution is 7.71. The van der Waals surface area contributed by atoms with Gasteiger partial charge in [-0.2, -0.15) is 0 Å². The van der Waals surface area contributed by atoms with Gasteiger partial charge in [0.25, 0.3) is 0 Å². The van der Waals surface area contributed by atoms with Gasteiger partial charge in [-0.3, -0.25) is 0 Å². The van der Waals surface area contributed by atoms with E-state index < -0.39 is 0 Å². The largest absolute Gasteiger partial charge is 0.504 e. The molecule has 0 aliphatic carbocycles. The Balaban J connectivity index is 2.05. The fourth-order valence-corrected chi connectivity index (χ4v) is 2.40. The molecule has 0 atom stereocenters. The van der Waals surface area contributed by atoms with E-state index in [-0.39, 0.29) is 11.5 Å². The number of aromatic hydroxyl groups is 1. The van der Waals surface area contributed by atoms with E-state index >= 15 is 0 Å². The van der Waals surface area contributed by atoms with Crippen molar-refractivity contribution in [2.45, 2.75) is 0 Å². The van der Waals surface area contributed by atoms with Gasteiger partial charge >= 0.3 is 0 Å². The zero-order valence-corrected chi connectivity index (χ0v) is 12.2. The number of phenolic OH excluding ortho intramolecular Hbond substituents is 1. The molecule has 1 aromatic heterocycles. The van der Waals surface area contributed by atoms with Crippen molar-refractivity contribution in [1.29, 1.82) is 0 Å². The quantitative estimate of drug-likeness (QED) is 0.579. The molecule has 102 valence electrons. The Bertz CT molecular complexity index is 857. The Morgan fingerprint density at radius 2 is 1.70 bits per heavy atom. The summed E-state index contributed by atoms with van der Waals surface area (Å²) in [5.41, 5.74) is 1.55. The van der Waals surface area contributed by atoms with Crippen LogP contribution in [-0.2, 0) is 0 Å². The summed E-state index contributed by atoms with van der Waals surface area (Å²) in [4.78, 5) is 5.93. The van der Waals surface area contributed by atoms with Crippen LogP contribution in [0.2, 0.25) is 10.0 Å². The van der Waals surface area contributed by atoms with Crippen LogP contribution in [0, 0.1) is 4.77 Å². The summed E-state index contributed by atoms with van der Waals surface area (Å²) in [6.45, 7) is 0. The molecule has 20 heavy (non-hydrogen) atoms. The summed E-state index contributed by atoms with van der Waals surface area (Å²) < 4.78 is 6.11.